The van der Waals surface area contributed by atoms with Crippen molar-refractivity contribution in [1.82, 2.24) is 15.5 Å². The van der Waals surface area contributed by atoms with Crippen LogP contribution in [-0.2, 0) is 4.79 Å². The second-order valence-electron chi connectivity index (χ2n) is 3.74. The summed E-state index contributed by atoms with van der Waals surface area (Å²) in [6, 6.07) is -0.791. The van der Waals surface area contributed by atoms with Gasteiger partial charge >= 0.3 is 6.03 Å². The van der Waals surface area contributed by atoms with Crippen molar-refractivity contribution in [3.05, 3.63) is 0 Å². The van der Waals surface area contributed by atoms with Gasteiger partial charge in [0.05, 0.1) is 0 Å². The van der Waals surface area contributed by atoms with Crippen LogP contribution < -0.4 is 16.4 Å². The summed E-state index contributed by atoms with van der Waals surface area (Å²) >= 11 is 0. The number of hydrogen-bond acceptors (Lipinski definition) is 3. The second-order valence-corrected chi connectivity index (χ2v) is 3.74. The van der Waals surface area contributed by atoms with Gasteiger partial charge in [0.15, 0.2) is 0 Å². The molecule has 0 radical (unpaired) electrons. The van der Waals surface area contributed by atoms with Crippen LogP contribution in [0.25, 0.3) is 0 Å². The average molecular weight is 214 g/mol. The van der Waals surface area contributed by atoms with E-state index in [9.17, 15) is 9.59 Å². The van der Waals surface area contributed by atoms with Crippen molar-refractivity contribution in [2.75, 3.05) is 26.2 Å². The molecule has 1 heterocycles. The third kappa shape index (κ3) is 4.16. The number of primary amides is 1. The SMILES string of the molecule is CC(CC(=O)N1CCNCC1)NC(N)=O. The van der Waals surface area contributed by atoms with Crippen LogP contribution in [0.2, 0.25) is 0 Å². The molecule has 0 aromatic carbocycles. The summed E-state index contributed by atoms with van der Waals surface area (Å²) in [7, 11) is 0. The van der Waals surface area contributed by atoms with Gasteiger partial charge < -0.3 is 21.3 Å². The minimum atomic E-state index is -0.587. The van der Waals surface area contributed by atoms with Gasteiger partial charge in [-0.1, -0.05) is 0 Å². The lowest BCUT2D eigenvalue weighted by Gasteiger charge is -2.28. The Kier molecular flexibility index (Phi) is 4.36. The Morgan fingerprint density at radius 3 is 2.60 bits per heavy atom. The topological polar surface area (TPSA) is 87.5 Å². The van der Waals surface area contributed by atoms with Crippen LogP contribution in [0, 0.1) is 0 Å². The standard InChI is InChI=1S/C9H18N4O2/c1-7(12-9(10)15)6-8(14)13-4-2-11-3-5-13/h7,11H,2-6H2,1H3,(H3,10,12,15). The number of carbonyl (C=O) groups excluding carboxylic acids is 2. The second kappa shape index (κ2) is 5.55. The number of hydrogen-bond donors (Lipinski definition) is 3. The predicted molar refractivity (Wildman–Crippen MR) is 56.2 cm³/mol. The van der Waals surface area contributed by atoms with E-state index in [-0.39, 0.29) is 11.9 Å². The first kappa shape index (κ1) is 11.8. The van der Waals surface area contributed by atoms with Crippen molar-refractivity contribution in [3.63, 3.8) is 0 Å². The summed E-state index contributed by atoms with van der Waals surface area (Å²) in [4.78, 5) is 24.0. The Hall–Kier alpha value is -1.30. The van der Waals surface area contributed by atoms with E-state index in [4.69, 9.17) is 5.73 Å². The number of amides is 3. The molecule has 1 aliphatic rings. The van der Waals surface area contributed by atoms with E-state index in [0.717, 1.165) is 26.2 Å². The Morgan fingerprint density at radius 1 is 1.47 bits per heavy atom. The van der Waals surface area contributed by atoms with E-state index < -0.39 is 6.03 Å². The molecule has 6 nitrogen and oxygen atoms in total. The number of nitrogens with two attached hydrogens (primary N) is 1. The van der Waals surface area contributed by atoms with Crippen molar-refractivity contribution < 1.29 is 9.59 Å². The van der Waals surface area contributed by atoms with Crippen LogP contribution in [0.1, 0.15) is 13.3 Å². The molecule has 0 saturated carbocycles. The largest absolute Gasteiger partial charge is 0.352 e. The number of urea groups is 1. The van der Waals surface area contributed by atoms with E-state index in [1.165, 1.54) is 0 Å². The molecule has 0 spiro atoms. The number of carbonyl (C=O) groups is 2. The summed E-state index contributed by atoms with van der Waals surface area (Å²) in [5.41, 5.74) is 4.96. The van der Waals surface area contributed by atoms with E-state index in [0.29, 0.717) is 6.42 Å². The zero-order valence-corrected chi connectivity index (χ0v) is 8.95. The minimum absolute atomic E-state index is 0.0674. The molecular formula is C9H18N4O2. The molecule has 1 fully saturated rings. The Balaban J connectivity index is 2.30. The summed E-state index contributed by atoms with van der Waals surface area (Å²) in [6.45, 7) is 4.92. The molecule has 1 aliphatic heterocycles. The fourth-order valence-electron chi connectivity index (χ4n) is 1.60. The average Bonchev–Trinajstić information content (AvgIpc) is 2.17. The third-order valence-electron chi connectivity index (χ3n) is 2.34. The maximum Gasteiger partial charge on any atom is 0.312 e. The molecule has 86 valence electrons. The first-order valence-electron chi connectivity index (χ1n) is 5.14. The van der Waals surface area contributed by atoms with Gasteiger partial charge in [-0.3, -0.25) is 4.79 Å². The minimum Gasteiger partial charge on any atom is -0.352 e. The zero-order valence-electron chi connectivity index (χ0n) is 8.95. The van der Waals surface area contributed by atoms with E-state index in [1.54, 1.807) is 11.8 Å². The highest BCUT2D eigenvalue weighted by Crippen LogP contribution is 2.00. The third-order valence-corrected chi connectivity index (χ3v) is 2.34. The molecule has 0 bridgehead atoms. The van der Waals surface area contributed by atoms with Crippen molar-refractivity contribution in [2.24, 2.45) is 5.73 Å². The summed E-state index contributed by atoms with van der Waals surface area (Å²) in [5.74, 6) is 0.0674. The smallest absolute Gasteiger partial charge is 0.312 e. The number of rotatable bonds is 3. The lowest BCUT2D eigenvalue weighted by Crippen LogP contribution is -2.48. The van der Waals surface area contributed by atoms with Crippen LogP contribution >= 0.6 is 0 Å². The Bertz CT molecular complexity index is 238. The van der Waals surface area contributed by atoms with Crippen molar-refractivity contribution >= 4 is 11.9 Å². The van der Waals surface area contributed by atoms with Gasteiger partial charge in [-0.25, -0.2) is 4.79 Å². The van der Waals surface area contributed by atoms with Crippen LogP contribution in [0.5, 0.6) is 0 Å². The van der Waals surface area contributed by atoms with Crippen molar-refractivity contribution in [2.45, 2.75) is 19.4 Å². The van der Waals surface area contributed by atoms with Gasteiger partial charge in [0.1, 0.15) is 0 Å². The highest BCUT2D eigenvalue weighted by atomic mass is 16.2. The lowest BCUT2D eigenvalue weighted by atomic mass is 10.2. The monoisotopic (exact) mass is 214 g/mol. The van der Waals surface area contributed by atoms with E-state index in [1.807, 2.05) is 0 Å². The fraction of sp³-hybridized carbons (Fsp3) is 0.778. The Morgan fingerprint density at radius 2 is 2.07 bits per heavy atom. The quantitative estimate of drug-likeness (QED) is 0.555. The molecule has 0 aromatic heterocycles. The molecule has 1 unspecified atom stereocenters. The number of nitrogens with zero attached hydrogens (tertiary/aromatic N) is 1. The molecule has 1 rings (SSSR count). The zero-order chi connectivity index (χ0) is 11.3. The number of nitrogens with one attached hydrogen (secondary N) is 2. The summed E-state index contributed by atoms with van der Waals surface area (Å²) in [6.07, 6.45) is 0.308. The van der Waals surface area contributed by atoms with E-state index in [2.05, 4.69) is 10.6 Å². The van der Waals surface area contributed by atoms with Crippen molar-refractivity contribution in [3.8, 4) is 0 Å². The normalized spacial score (nSPS) is 18.3. The van der Waals surface area contributed by atoms with Crippen LogP contribution in [0.4, 0.5) is 4.79 Å². The molecule has 3 amide bonds. The van der Waals surface area contributed by atoms with Crippen LogP contribution in [0.3, 0.4) is 0 Å². The summed E-state index contributed by atoms with van der Waals surface area (Å²) in [5, 5.41) is 5.66. The van der Waals surface area contributed by atoms with Gasteiger partial charge in [0.2, 0.25) is 5.91 Å². The molecule has 1 atom stereocenters. The maximum absolute atomic E-state index is 11.7. The van der Waals surface area contributed by atoms with Gasteiger partial charge in [-0.15, -0.1) is 0 Å². The van der Waals surface area contributed by atoms with Crippen molar-refractivity contribution in [1.29, 1.82) is 0 Å². The van der Waals surface area contributed by atoms with Crippen LogP contribution in [-0.4, -0.2) is 49.1 Å². The fourth-order valence-corrected chi connectivity index (χ4v) is 1.60. The molecule has 15 heavy (non-hydrogen) atoms. The highest BCUT2D eigenvalue weighted by Gasteiger charge is 2.18. The van der Waals surface area contributed by atoms with Gasteiger partial charge in [-0.05, 0) is 6.92 Å². The predicted octanol–water partition coefficient (Wildman–Crippen LogP) is -1.13. The molecule has 1 saturated heterocycles. The van der Waals surface area contributed by atoms with Gasteiger partial charge in [-0.2, -0.15) is 0 Å². The van der Waals surface area contributed by atoms with E-state index >= 15 is 0 Å². The maximum atomic E-state index is 11.7. The highest BCUT2D eigenvalue weighted by molar-refractivity contribution is 5.78. The number of piperazine rings is 1. The molecule has 0 aromatic rings. The summed E-state index contributed by atoms with van der Waals surface area (Å²) < 4.78 is 0. The van der Waals surface area contributed by atoms with Gasteiger partial charge in [0.25, 0.3) is 0 Å². The molecular weight excluding hydrogens is 196 g/mol. The first-order valence-corrected chi connectivity index (χ1v) is 5.14. The molecule has 6 heteroatoms. The van der Waals surface area contributed by atoms with Gasteiger partial charge in [0, 0.05) is 38.6 Å². The first-order chi connectivity index (χ1) is 7.09. The van der Waals surface area contributed by atoms with Crippen LogP contribution in [0.15, 0.2) is 0 Å². The molecule has 4 N–H and O–H groups in total. The lowest BCUT2D eigenvalue weighted by molar-refractivity contribution is -0.132. The molecule has 0 aliphatic carbocycles. The Labute approximate surface area is 89.2 Å².